The summed E-state index contributed by atoms with van der Waals surface area (Å²) in [6.07, 6.45) is 1.48. The quantitative estimate of drug-likeness (QED) is 0.133. The second-order valence-corrected chi connectivity index (χ2v) is 14.2. The summed E-state index contributed by atoms with van der Waals surface area (Å²) in [4.78, 5) is 63.4. The Kier molecular flexibility index (Phi) is 16.3. The van der Waals surface area contributed by atoms with Crippen molar-refractivity contribution in [1.82, 2.24) is 16.0 Å². The highest BCUT2D eigenvalue weighted by atomic mass is 16.6. The van der Waals surface area contributed by atoms with Crippen LogP contribution in [0.3, 0.4) is 0 Å². The standard InChI is InChI=1S/C38H55N3O8/c1-26-16-19-31(47-21-13-12-20-39-36(46)49-38(6,7)8)22-30(26)25-40-35(45)29(18-17-28-14-10-9-11-15-28)23-33(43)32(41-27(2)42)24-34(44)48-37(3,4)5/h9-11,14-16,19,22,29,32H,12-13,17-18,20-21,23-25H2,1-8H3,(H,39,46)(H,40,45)(H,41,42)/t29-,32+/m1/s1. The molecule has 0 aromatic heterocycles. The van der Waals surface area contributed by atoms with Gasteiger partial charge in [-0.25, -0.2) is 4.79 Å². The van der Waals surface area contributed by atoms with Crippen molar-refractivity contribution in [2.75, 3.05) is 13.2 Å². The van der Waals surface area contributed by atoms with Crippen molar-refractivity contribution >= 4 is 29.7 Å². The minimum atomic E-state index is -1.11. The van der Waals surface area contributed by atoms with E-state index in [1.165, 1.54) is 6.92 Å². The van der Waals surface area contributed by atoms with Gasteiger partial charge in [-0.05, 0) is 103 Å². The fraction of sp³-hybridized carbons (Fsp3) is 0.553. The topological polar surface area (TPSA) is 149 Å². The first-order valence-electron chi connectivity index (χ1n) is 16.9. The fourth-order valence-corrected chi connectivity index (χ4v) is 4.91. The lowest BCUT2D eigenvalue weighted by atomic mass is 9.90. The average molecular weight is 682 g/mol. The highest BCUT2D eigenvalue weighted by molar-refractivity contribution is 5.94. The molecule has 2 rings (SSSR count). The average Bonchev–Trinajstić information content (AvgIpc) is 2.98. The van der Waals surface area contributed by atoms with Crippen molar-refractivity contribution < 1.29 is 38.2 Å². The van der Waals surface area contributed by atoms with Gasteiger partial charge in [0, 0.05) is 32.4 Å². The Morgan fingerprint density at radius 1 is 0.816 bits per heavy atom. The lowest BCUT2D eigenvalue weighted by Gasteiger charge is -2.23. The number of nitrogens with one attached hydrogen (secondary N) is 3. The predicted molar refractivity (Wildman–Crippen MR) is 188 cm³/mol. The zero-order chi connectivity index (χ0) is 36.6. The van der Waals surface area contributed by atoms with Crippen LogP contribution in [0.5, 0.6) is 5.75 Å². The Labute approximate surface area is 291 Å². The minimum absolute atomic E-state index is 0.155. The molecule has 11 nitrogen and oxygen atoms in total. The molecule has 270 valence electrons. The molecule has 2 aromatic carbocycles. The monoisotopic (exact) mass is 681 g/mol. The predicted octanol–water partition coefficient (Wildman–Crippen LogP) is 5.74. The number of hydrogen-bond donors (Lipinski definition) is 3. The molecule has 0 aliphatic carbocycles. The molecule has 0 fully saturated rings. The third kappa shape index (κ3) is 17.5. The number of ether oxygens (including phenoxy) is 3. The van der Waals surface area contributed by atoms with Gasteiger partial charge in [-0.1, -0.05) is 36.4 Å². The number of amides is 3. The van der Waals surface area contributed by atoms with E-state index in [0.29, 0.717) is 31.7 Å². The number of ketones is 1. The van der Waals surface area contributed by atoms with Crippen LogP contribution >= 0.6 is 0 Å². The zero-order valence-corrected chi connectivity index (χ0v) is 30.4. The van der Waals surface area contributed by atoms with Gasteiger partial charge in [-0.15, -0.1) is 0 Å². The maximum absolute atomic E-state index is 13.6. The Morgan fingerprint density at radius 2 is 1.49 bits per heavy atom. The van der Waals surface area contributed by atoms with Crippen LogP contribution in [-0.2, 0) is 41.6 Å². The summed E-state index contributed by atoms with van der Waals surface area (Å²) in [6, 6.07) is 14.2. The van der Waals surface area contributed by atoms with Crippen molar-refractivity contribution in [1.29, 1.82) is 0 Å². The number of esters is 1. The lowest BCUT2D eigenvalue weighted by Crippen LogP contribution is -2.44. The van der Waals surface area contributed by atoms with Crippen LogP contribution in [0.1, 0.15) is 97.3 Å². The van der Waals surface area contributed by atoms with Gasteiger partial charge in [0.2, 0.25) is 11.8 Å². The number of benzene rings is 2. The molecule has 0 saturated heterocycles. The van der Waals surface area contributed by atoms with Crippen molar-refractivity contribution in [2.45, 2.75) is 118 Å². The second-order valence-electron chi connectivity index (χ2n) is 14.2. The third-order valence-electron chi connectivity index (χ3n) is 7.28. The van der Waals surface area contributed by atoms with Crippen LogP contribution in [0.4, 0.5) is 4.79 Å². The summed E-state index contributed by atoms with van der Waals surface area (Å²) in [5.41, 5.74) is 1.57. The van der Waals surface area contributed by atoms with Gasteiger partial charge in [0.15, 0.2) is 5.78 Å². The molecule has 0 bridgehead atoms. The number of rotatable bonds is 18. The summed E-state index contributed by atoms with van der Waals surface area (Å²) in [6.45, 7) is 15.0. The van der Waals surface area contributed by atoms with Crippen LogP contribution in [0.15, 0.2) is 48.5 Å². The molecule has 0 heterocycles. The highest BCUT2D eigenvalue weighted by Gasteiger charge is 2.30. The molecule has 0 spiro atoms. The molecule has 3 amide bonds. The van der Waals surface area contributed by atoms with Crippen molar-refractivity contribution in [3.63, 3.8) is 0 Å². The number of Topliss-reactive ketones (excluding diaryl/α,β-unsaturated/α-hetero) is 1. The van der Waals surface area contributed by atoms with Gasteiger partial charge >= 0.3 is 12.1 Å². The van der Waals surface area contributed by atoms with Crippen molar-refractivity contribution in [3.8, 4) is 5.75 Å². The number of carbonyl (C=O) groups excluding carboxylic acids is 5. The van der Waals surface area contributed by atoms with E-state index in [9.17, 15) is 24.0 Å². The number of carbonyl (C=O) groups is 5. The fourth-order valence-electron chi connectivity index (χ4n) is 4.91. The first kappa shape index (κ1) is 40.8. The van der Waals surface area contributed by atoms with Gasteiger partial charge in [0.25, 0.3) is 0 Å². The first-order chi connectivity index (χ1) is 22.9. The Bertz CT molecular complexity index is 1400. The minimum Gasteiger partial charge on any atom is -0.494 e. The summed E-state index contributed by atoms with van der Waals surface area (Å²) in [5.74, 6) is -1.82. The van der Waals surface area contributed by atoms with Gasteiger partial charge in [0.1, 0.15) is 17.0 Å². The zero-order valence-electron chi connectivity index (χ0n) is 30.4. The Hall–Kier alpha value is -4.41. The van der Waals surface area contributed by atoms with Crippen molar-refractivity contribution in [3.05, 3.63) is 65.2 Å². The van der Waals surface area contributed by atoms with E-state index < -0.39 is 46.9 Å². The summed E-state index contributed by atoms with van der Waals surface area (Å²) in [5, 5.41) is 8.30. The first-order valence-corrected chi connectivity index (χ1v) is 16.9. The van der Waals surface area contributed by atoms with Crippen LogP contribution in [0, 0.1) is 12.8 Å². The van der Waals surface area contributed by atoms with E-state index in [1.54, 1.807) is 20.8 Å². The van der Waals surface area contributed by atoms with Gasteiger partial charge in [-0.2, -0.15) is 0 Å². The smallest absolute Gasteiger partial charge is 0.407 e. The highest BCUT2D eigenvalue weighted by Crippen LogP contribution is 2.21. The van der Waals surface area contributed by atoms with Crippen LogP contribution in [0.25, 0.3) is 0 Å². The van der Waals surface area contributed by atoms with Gasteiger partial charge < -0.3 is 30.2 Å². The molecule has 0 aliphatic rings. The van der Waals surface area contributed by atoms with Gasteiger partial charge in [-0.3, -0.25) is 19.2 Å². The van der Waals surface area contributed by atoms with Gasteiger partial charge in [0.05, 0.1) is 19.1 Å². The Morgan fingerprint density at radius 3 is 2.12 bits per heavy atom. The number of unbranched alkanes of at least 4 members (excludes halogenated alkanes) is 1. The number of aryl methyl sites for hydroxylation is 2. The molecule has 0 radical (unpaired) electrons. The molecule has 3 N–H and O–H groups in total. The van der Waals surface area contributed by atoms with E-state index in [4.69, 9.17) is 14.2 Å². The van der Waals surface area contributed by atoms with Crippen LogP contribution in [-0.4, -0.2) is 60.1 Å². The van der Waals surface area contributed by atoms with Crippen molar-refractivity contribution in [2.24, 2.45) is 5.92 Å². The maximum Gasteiger partial charge on any atom is 0.407 e. The normalized spacial score (nSPS) is 12.7. The number of alkyl carbamates (subject to hydrolysis) is 1. The molecule has 0 unspecified atom stereocenters. The molecule has 2 aromatic rings. The molecular weight excluding hydrogens is 626 g/mol. The molecule has 0 aliphatic heterocycles. The SMILES string of the molecule is CC(=O)N[C@@H](CC(=O)OC(C)(C)C)C(=O)C[C@@H](CCc1ccccc1)C(=O)NCc1cc(OCCCCNC(=O)OC(C)(C)C)ccc1C. The molecule has 49 heavy (non-hydrogen) atoms. The largest absolute Gasteiger partial charge is 0.494 e. The van der Waals surface area contributed by atoms with E-state index in [-0.39, 0.29) is 25.3 Å². The summed E-state index contributed by atoms with van der Waals surface area (Å²) < 4.78 is 16.5. The third-order valence-corrected chi connectivity index (χ3v) is 7.28. The summed E-state index contributed by atoms with van der Waals surface area (Å²) in [7, 11) is 0. The maximum atomic E-state index is 13.6. The molecule has 2 atom stereocenters. The molecule has 11 heteroatoms. The Balaban J connectivity index is 2.04. The molecule has 0 saturated carbocycles. The second kappa shape index (κ2) is 19.6. The molecular formula is C38H55N3O8. The lowest BCUT2D eigenvalue weighted by molar-refractivity contribution is -0.156. The van der Waals surface area contributed by atoms with E-state index in [0.717, 1.165) is 29.5 Å². The van der Waals surface area contributed by atoms with E-state index in [1.807, 2.05) is 76.2 Å². The summed E-state index contributed by atoms with van der Waals surface area (Å²) >= 11 is 0. The van der Waals surface area contributed by atoms with E-state index in [2.05, 4.69) is 16.0 Å². The van der Waals surface area contributed by atoms with Crippen LogP contribution < -0.4 is 20.7 Å². The number of hydrogen-bond acceptors (Lipinski definition) is 8. The van der Waals surface area contributed by atoms with Crippen LogP contribution in [0.2, 0.25) is 0 Å². The van der Waals surface area contributed by atoms with E-state index >= 15 is 0 Å².